The van der Waals surface area contributed by atoms with Gasteiger partial charge in [0.05, 0.1) is 11.4 Å². The van der Waals surface area contributed by atoms with E-state index in [1.54, 1.807) is 11.3 Å². The van der Waals surface area contributed by atoms with E-state index in [-0.39, 0.29) is 12.3 Å². The van der Waals surface area contributed by atoms with Crippen molar-refractivity contribution in [3.05, 3.63) is 47.6 Å². The molecule has 0 aliphatic rings. The van der Waals surface area contributed by atoms with Gasteiger partial charge < -0.3 is 9.14 Å². The average Bonchev–Trinajstić information content (AvgIpc) is 3.14. The minimum absolute atomic E-state index is 0.192. The van der Waals surface area contributed by atoms with Crippen LogP contribution in [0.1, 0.15) is 19.0 Å². The lowest BCUT2D eigenvalue weighted by atomic mass is 10.1. The summed E-state index contributed by atoms with van der Waals surface area (Å²) in [5, 5.41) is 11.8. The van der Waals surface area contributed by atoms with Gasteiger partial charge in [0, 0.05) is 22.8 Å². The molecule has 0 unspecified atom stereocenters. The third-order valence-corrected chi connectivity index (χ3v) is 4.94. The van der Waals surface area contributed by atoms with Crippen LogP contribution in [-0.2, 0) is 11.2 Å². The maximum Gasteiger partial charge on any atom is 0.351 e. The van der Waals surface area contributed by atoms with Gasteiger partial charge in [-0.2, -0.15) is 0 Å². The zero-order valence-corrected chi connectivity index (χ0v) is 15.5. The summed E-state index contributed by atoms with van der Waals surface area (Å²) in [5.41, 5.74) is 3.05. The number of hydrogen-bond donors (Lipinski definition) is 1. The first kappa shape index (κ1) is 17.7. The number of carbonyl (C=O) groups is 1. The molecule has 0 aliphatic heterocycles. The predicted octanol–water partition coefficient (Wildman–Crippen LogP) is 3.99. The van der Waals surface area contributed by atoms with Crippen LogP contribution in [0.4, 0.5) is 0 Å². The van der Waals surface area contributed by atoms with Gasteiger partial charge in [-0.3, -0.25) is 0 Å². The number of hydroxylamine groups is 3. The molecule has 0 bridgehead atoms. The molecule has 2 heterocycles. The number of ether oxygens (including phenoxy) is 1. The van der Waals surface area contributed by atoms with Crippen molar-refractivity contribution in [1.82, 2.24) is 4.40 Å². The highest BCUT2D eigenvalue weighted by Crippen LogP contribution is 2.29. The summed E-state index contributed by atoms with van der Waals surface area (Å²) in [6.07, 6.45) is 3.20. The second-order valence-electron chi connectivity index (χ2n) is 6.51. The Morgan fingerprint density at radius 2 is 2.08 bits per heavy atom. The maximum absolute atomic E-state index is 12.1. The number of carbonyl (C=O) groups excluding carboxylic acids is 1. The fourth-order valence-corrected chi connectivity index (χ4v) is 3.49. The quantitative estimate of drug-likeness (QED) is 0.411. The van der Waals surface area contributed by atoms with E-state index >= 15 is 0 Å². The van der Waals surface area contributed by atoms with Gasteiger partial charge in [0.2, 0.25) is 0 Å². The molecule has 25 heavy (non-hydrogen) atoms. The Kier molecular flexibility index (Phi) is 4.94. The number of quaternary nitrogens is 1. The summed E-state index contributed by atoms with van der Waals surface area (Å²) in [7, 11) is 2.93. The van der Waals surface area contributed by atoms with Crippen LogP contribution in [0.3, 0.4) is 0 Å². The number of aromatic nitrogens is 1. The van der Waals surface area contributed by atoms with Crippen LogP contribution in [0.25, 0.3) is 16.0 Å². The van der Waals surface area contributed by atoms with Crippen LogP contribution < -0.4 is 4.74 Å². The predicted molar refractivity (Wildman–Crippen MR) is 99.1 cm³/mol. The van der Waals surface area contributed by atoms with E-state index in [0.717, 1.165) is 33.8 Å². The molecule has 5 nitrogen and oxygen atoms in total. The molecule has 6 heteroatoms. The highest BCUT2D eigenvalue weighted by Gasteiger charge is 2.25. The van der Waals surface area contributed by atoms with Gasteiger partial charge in [0.25, 0.3) is 0 Å². The summed E-state index contributed by atoms with van der Waals surface area (Å²) >= 11 is 1.59. The second-order valence-corrected chi connectivity index (χ2v) is 7.39. The Hall–Kier alpha value is -2.15. The van der Waals surface area contributed by atoms with E-state index in [2.05, 4.69) is 19.1 Å². The molecule has 132 valence electrons. The molecule has 3 rings (SSSR count). The molecule has 0 fully saturated rings. The first-order valence-electron chi connectivity index (χ1n) is 8.30. The number of nitrogens with zero attached hydrogens (tertiary/aromatic N) is 2. The van der Waals surface area contributed by atoms with Crippen molar-refractivity contribution in [2.75, 3.05) is 20.7 Å². The zero-order valence-electron chi connectivity index (χ0n) is 14.7. The number of rotatable bonds is 6. The fourth-order valence-electron chi connectivity index (χ4n) is 2.56. The lowest BCUT2D eigenvalue weighted by molar-refractivity contribution is -1.01. The topological polar surface area (TPSA) is 50.9 Å². The molecular weight excluding hydrogens is 336 g/mol. The lowest BCUT2D eigenvalue weighted by Gasteiger charge is -2.15. The van der Waals surface area contributed by atoms with Gasteiger partial charge in [0.1, 0.15) is 26.3 Å². The third-order valence-electron chi connectivity index (χ3n) is 3.99. The van der Waals surface area contributed by atoms with Crippen LogP contribution in [0.2, 0.25) is 0 Å². The molecule has 0 radical (unpaired) electrons. The third kappa shape index (κ3) is 3.92. The van der Waals surface area contributed by atoms with E-state index in [1.165, 1.54) is 14.1 Å². The Morgan fingerprint density at radius 3 is 2.80 bits per heavy atom. The Morgan fingerprint density at radius 1 is 1.28 bits per heavy atom. The zero-order chi connectivity index (χ0) is 18.0. The average molecular weight is 359 g/mol. The minimum atomic E-state index is -0.664. The van der Waals surface area contributed by atoms with Crippen molar-refractivity contribution in [2.24, 2.45) is 0 Å². The van der Waals surface area contributed by atoms with E-state index in [4.69, 9.17) is 4.74 Å². The molecule has 0 atom stereocenters. The molecule has 0 aliphatic carbocycles. The molecule has 0 spiro atoms. The number of thiazole rings is 1. The largest absolute Gasteiger partial charge is 0.494 e. The maximum atomic E-state index is 12.1. The number of amides is 1. The normalized spacial score (nSPS) is 11.8. The van der Waals surface area contributed by atoms with Crippen LogP contribution in [0.5, 0.6) is 5.75 Å². The van der Waals surface area contributed by atoms with E-state index in [1.807, 2.05) is 34.2 Å². The molecule has 1 amide bonds. The van der Waals surface area contributed by atoms with E-state index in [9.17, 15) is 10.0 Å². The van der Waals surface area contributed by atoms with Crippen molar-refractivity contribution >= 4 is 22.1 Å². The van der Waals surface area contributed by atoms with Gasteiger partial charge >= 0.3 is 5.91 Å². The summed E-state index contributed by atoms with van der Waals surface area (Å²) in [5.74, 6) is 0.619. The van der Waals surface area contributed by atoms with Crippen molar-refractivity contribution in [1.29, 1.82) is 0 Å². The molecule has 2 aromatic heterocycles. The van der Waals surface area contributed by atoms with E-state index < -0.39 is 4.65 Å². The summed E-state index contributed by atoms with van der Waals surface area (Å²) in [6, 6.07) is 10.1. The molecule has 3 aromatic rings. The van der Waals surface area contributed by atoms with Gasteiger partial charge in [-0.25, -0.2) is 10.0 Å². The van der Waals surface area contributed by atoms with Crippen LogP contribution >= 0.6 is 11.3 Å². The molecule has 1 aromatic carbocycles. The monoisotopic (exact) mass is 359 g/mol. The number of hydrogen-bond acceptors (Lipinski definition) is 4. The van der Waals surface area contributed by atoms with Gasteiger partial charge in [-0.1, -0.05) is 19.1 Å². The number of fused-ring (bicyclic) bond motifs is 1. The Labute approximate surface area is 151 Å². The summed E-state index contributed by atoms with van der Waals surface area (Å²) in [4.78, 5) is 13.2. The SMILES string of the molecule is CCCOc1cccc(-c2cc3scc(CC(=O)[N+](C)(C)O)n3c2)c1. The lowest BCUT2D eigenvalue weighted by Crippen LogP contribution is -2.43. The van der Waals surface area contributed by atoms with Crippen LogP contribution in [0.15, 0.2) is 41.9 Å². The van der Waals surface area contributed by atoms with Crippen molar-refractivity contribution in [3.8, 4) is 16.9 Å². The minimum Gasteiger partial charge on any atom is -0.494 e. The van der Waals surface area contributed by atoms with Crippen molar-refractivity contribution in [2.45, 2.75) is 19.8 Å². The first-order chi connectivity index (χ1) is 11.9. The van der Waals surface area contributed by atoms with E-state index in [0.29, 0.717) is 6.61 Å². The Balaban J connectivity index is 1.88. The summed E-state index contributed by atoms with van der Waals surface area (Å²) < 4.78 is 7.06. The van der Waals surface area contributed by atoms with Crippen LogP contribution in [-0.4, -0.2) is 40.9 Å². The first-order valence-corrected chi connectivity index (χ1v) is 9.18. The molecular formula is C19H23N2O3S+. The standard InChI is InChI=1S/C19H23N2O3S/c1-4-8-24-17-7-5-6-14(9-17)15-10-18-20(12-15)16(13-25-18)11-19(22)21(2,3)23/h5-7,9-10,12-13,23H,4,8,11H2,1-3H3/q+1. The van der Waals surface area contributed by atoms with Crippen molar-refractivity contribution in [3.63, 3.8) is 0 Å². The van der Waals surface area contributed by atoms with Crippen molar-refractivity contribution < 1.29 is 19.4 Å². The summed E-state index contributed by atoms with van der Waals surface area (Å²) in [6.45, 7) is 2.79. The number of benzene rings is 1. The van der Waals surface area contributed by atoms with Gasteiger partial charge in [-0.05, 0) is 30.2 Å². The highest BCUT2D eigenvalue weighted by atomic mass is 32.1. The number of likely N-dealkylation sites (N-methyl/N-ethyl adjacent to an activating group) is 1. The van der Waals surface area contributed by atoms with Crippen LogP contribution in [0, 0.1) is 0 Å². The molecule has 1 N–H and O–H groups in total. The Bertz CT molecular complexity index is 890. The van der Waals surface area contributed by atoms with Gasteiger partial charge in [-0.15, -0.1) is 16.0 Å². The second kappa shape index (κ2) is 7.00. The van der Waals surface area contributed by atoms with Gasteiger partial charge in [0.15, 0.2) is 0 Å². The fraction of sp³-hybridized carbons (Fsp3) is 0.316. The highest BCUT2D eigenvalue weighted by molar-refractivity contribution is 7.15. The molecule has 0 saturated heterocycles. The smallest absolute Gasteiger partial charge is 0.351 e. The molecule has 0 saturated carbocycles.